The van der Waals surface area contributed by atoms with E-state index in [-0.39, 0.29) is 16.0 Å². The van der Waals surface area contributed by atoms with Gasteiger partial charge >= 0.3 is 0 Å². The Hall–Kier alpha value is -2.70. The summed E-state index contributed by atoms with van der Waals surface area (Å²) in [5.41, 5.74) is 3.13. The van der Waals surface area contributed by atoms with Gasteiger partial charge in [-0.1, -0.05) is 76.7 Å². The number of hydrazone groups is 1. The third-order valence-corrected chi connectivity index (χ3v) is 8.28. The van der Waals surface area contributed by atoms with E-state index in [1.807, 2.05) is 42.5 Å². The molecule has 4 rings (SSSR count). The quantitative estimate of drug-likeness (QED) is 0.221. The van der Waals surface area contributed by atoms with Gasteiger partial charge in [-0.2, -0.15) is 13.5 Å². The fourth-order valence-electron chi connectivity index (χ4n) is 3.60. The second kappa shape index (κ2) is 11.6. The lowest BCUT2D eigenvalue weighted by Crippen LogP contribution is -2.24. The number of amidine groups is 1. The Morgan fingerprint density at radius 1 is 1.08 bits per heavy atom. The van der Waals surface area contributed by atoms with E-state index < -0.39 is 20.9 Å². The lowest BCUT2D eigenvalue weighted by molar-refractivity contribution is 0.438. The lowest BCUT2D eigenvalue weighted by Gasteiger charge is -2.17. The molecule has 0 aliphatic carbocycles. The van der Waals surface area contributed by atoms with E-state index in [1.165, 1.54) is 43.1 Å². The van der Waals surface area contributed by atoms with E-state index in [0.29, 0.717) is 17.3 Å². The Morgan fingerprint density at radius 2 is 1.75 bits per heavy atom. The highest BCUT2D eigenvalue weighted by Gasteiger charge is 2.32. The molecule has 1 heterocycles. The molecule has 0 spiro atoms. The van der Waals surface area contributed by atoms with Crippen LogP contribution >= 0.6 is 23.4 Å². The third-order valence-electron chi connectivity index (χ3n) is 5.31. The van der Waals surface area contributed by atoms with Crippen molar-refractivity contribution in [3.63, 3.8) is 0 Å². The molecule has 0 saturated heterocycles. The van der Waals surface area contributed by atoms with E-state index in [4.69, 9.17) is 20.9 Å². The second-order valence-corrected chi connectivity index (χ2v) is 11.3. The van der Waals surface area contributed by atoms with Gasteiger partial charge in [-0.15, -0.1) is 4.40 Å². The van der Waals surface area contributed by atoms with Gasteiger partial charge in [-0.05, 0) is 53.8 Å². The van der Waals surface area contributed by atoms with Gasteiger partial charge in [0.1, 0.15) is 0 Å². The van der Waals surface area contributed by atoms with Gasteiger partial charge in [0, 0.05) is 23.7 Å². The first kappa shape index (κ1) is 26.4. The number of hydrogen-bond donors (Lipinski definition) is 0. The average Bonchev–Trinajstić information content (AvgIpc) is 3.34. The maximum atomic E-state index is 13.0. The molecule has 3 aromatic rings. The van der Waals surface area contributed by atoms with Crippen molar-refractivity contribution in [2.75, 3.05) is 19.9 Å². The SMILES string of the molecule is CO[S-](=O)=Nc1ccc(C2=NN(C(=NS(=O)(=O)c3ccc(Cl)cc3)SC)CC2c2ccccc2)cc1. The zero-order valence-corrected chi connectivity index (χ0v) is 22.5. The highest BCUT2D eigenvalue weighted by molar-refractivity contribution is 8.13. The Labute approximate surface area is 221 Å². The molecule has 8 nitrogen and oxygen atoms in total. The zero-order valence-electron chi connectivity index (χ0n) is 19.3. The number of sulfonamides is 1. The van der Waals surface area contributed by atoms with Gasteiger partial charge in [-0.25, -0.2) is 5.01 Å². The summed E-state index contributed by atoms with van der Waals surface area (Å²) in [7, 11) is -4.41. The van der Waals surface area contributed by atoms with Crippen LogP contribution in [0.1, 0.15) is 17.0 Å². The highest BCUT2D eigenvalue weighted by Crippen LogP contribution is 2.31. The predicted molar refractivity (Wildman–Crippen MR) is 146 cm³/mol. The molecule has 0 aromatic heterocycles. The summed E-state index contributed by atoms with van der Waals surface area (Å²) >= 11 is 7.10. The summed E-state index contributed by atoms with van der Waals surface area (Å²) in [6.07, 6.45) is 1.76. The summed E-state index contributed by atoms with van der Waals surface area (Å²) < 4.78 is 50.2. The van der Waals surface area contributed by atoms with Gasteiger partial charge < -0.3 is 12.8 Å². The van der Waals surface area contributed by atoms with Crippen LogP contribution in [0.15, 0.2) is 97.6 Å². The Kier molecular flexibility index (Phi) is 8.47. The molecule has 0 amide bonds. The first-order valence-electron chi connectivity index (χ1n) is 10.6. The first-order valence-corrected chi connectivity index (χ1v) is 14.7. The molecule has 0 fully saturated rings. The lowest BCUT2D eigenvalue weighted by atomic mass is 9.90. The number of benzene rings is 3. The molecule has 0 saturated carbocycles. The molecule has 12 heteroatoms. The number of halogens is 1. The van der Waals surface area contributed by atoms with Gasteiger partial charge in [0.15, 0.2) is 5.17 Å². The molecule has 0 bridgehead atoms. The minimum Gasteiger partial charge on any atom is -0.441 e. The Bertz CT molecular complexity index is 1470. The van der Waals surface area contributed by atoms with E-state index in [0.717, 1.165) is 16.8 Å². The van der Waals surface area contributed by atoms with Crippen LogP contribution in [0.2, 0.25) is 5.02 Å². The number of hydrogen-bond acceptors (Lipinski definition) is 8. The van der Waals surface area contributed by atoms with Gasteiger partial charge in [0.2, 0.25) is 0 Å². The van der Waals surface area contributed by atoms with Crippen molar-refractivity contribution in [1.82, 2.24) is 5.01 Å². The zero-order chi connectivity index (χ0) is 25.7. The number of thioether (sulfide) groups is 1. The molecule has 1 aliphatic rings. The maximum Gasteiger partial charge on any atom is 0.284 e. The van der Waals surface area contributed by atoms with Crippen LogP contribution in [-0.2, 0) is 29.3 Å². The smallest absolute Gasteiger partial charge is 0.284 e. The fraction of sp³-hybridized carbons (Fsp3) is 0.167. The van der Waals surface area contributed by atoms with Crippen LogP contribution in [0.3, 0.4) is 0 Å². The summed E-state index contributed by atoms with van der Waals surface area (Å²) in [5, 5.41) is 7.09. The summed E-state index contributed by atoms with van der Waals surface area (Å²) in [6.45, 7) is 0.412. The number of nitrogens with zero attached hydrogens (tertiary/aromatic N) is 4. The summed E-state index contributed by atoms with van der Waals surface area (Å²) in [4.78, 5) is 0.0502. The van der Waals surface area contributed by atoms with Crippen LogP contribution in [0.5, 0.6) is 0 Å². The Balaban J connectivity index is 1.72. The van der Waals surface area contributed by atoms with Crippen LogP contribution in [0.4, 0.5) is 5.69 Å². The minimum absolute atomic E-state index is 0.0502. The minimum atomic E-state index is -3.97. The molecule has 1 aliphatic heterocycles. The molecular formula is C24H22ClN4O4S3-. The van der Waals surface area contributed by atoms with E-state index in [9.17, 15) is 12.6 Å². The van der Waals surface area contributed by atoms with Crippen molar-refractivity contribution in [2.24, 2.45) is 13.9 Å². The standard InChI is InChI=1S/C24H22ClN4O4S3/c1-33-35(30)27-20-12-8-18(9-13-20)23-22(17-6-4-3-5-7-17)16-29(26-23)24(34-2)28-36(31,32)21-14-10-19(25)11-15-21/h3-15,22H,16H2,1-2H3/q-1. The van der Waals surface area contributed by atoms with E-state index in [2.05, 4.69) is 8.76 Å². The molecule has 36 heavy (non-hydrogen) atoms. The van der Waals surface area contributed by atoms with Gasteiger partial charge in [-0.3, -0.25) is 0 Å². The van der Waals surface area contributed by atoms with Crippen molar-refractivity contribution in [1.29, 1.82) is 0 Å². The largest absolute Gasteiger partial charge is 0.441 e. The number of rotatable bonds is 6. The van der Waals surface area contributed by atoms with Gasteiger partial charge in [0.25, 0.3) is 10.0 Å². The van der Waals surface area contributed by atoms with Crippen molar-refractivity contribution < 1.29 is 16.8 Å². The first-order chi connectivity index (χ1) is 17.3. The van der Waals surface area contributed by atoms with Crippen molar-refractivity contribution in [2.45, 2.75) is 10.8 Å². The van der Waals surface area contributed by atoms with Crippen LogP contribution in [0, 0.1) is 0 Å². The van der Waals surface area contributed by atoms with Crippen LogP contribution in [0.25, 0.3) is 0 Å². The molecule has 1 unspecified atom stereocenters. The van der Waals surface area contributed by atoms with E-state index in [1.54, 1.807) is 23.4 Å². The molecule has 0 N–H and O–H groups in total. The average molecular weight is 562 g/mol. The molecule has 188 valence electrons. The van der Waals surface area contributed by atoms with Crippen molar-refractivity contribution in [3.8, 4) is 0 Å². The molecule has 0 radical (unpaired) electrons. The van der Waals surface area contributed by atoms with Crippen molar-refractivity contribution in [3.05, 3.63) is 95.0 Å². The summed E-state index contributed by atoms with van der Waals surface area (Å²) in [6, 6.07) is 22.9. The van der Waals surface area contributed by atoms with Crippen LogP contribution in [-0.4, -0.2) is 44.2 Å². The maximum absolute atomic E-state index is 13.0. The molecule has 3 aromatic carbocycles. The molecule has 1 atom stereocenters. The van der Waals surface area contributed by atoms with Crippen molar-refractivity contribution >= 4 is 60.8 Å². The summed E-state index contributed by atoms with van der Waals surface area (Å²) in [5.74, 6) is -0.127. The third kappa shape index (κ3) is 6.16. The predicted octanol–water partition coefficient (Wildman–Crippen LogP) is 5.59. The highest BCUT2D eigenvalue weighted by atomic mass is 35.5. The fourth-order valence-corrected chi connectivity index (χ4v) is 5.89. The Morgan fingerprint density at radius 3 is 2.36 bits per heavy atom. The molecular weight excluding hydrogens is 540 g/mol. The second-order valence-electron chi connectivity index (χ2n) is 7.56. The monoisotopic (exact) mass is 561 g/mol. The van der Waals surface area contributed by atoms with Crippen LogP contribution < -0.4 is 0 Å². The topological polar surface area (TPSA) is 101 Å². The van der Waals surface area contributed by atoms with Gasteiger partial charge in [0.05, 0.1) is 17.2 Å². The van der Waals surface area contributed by atoms with E-state index >= 15 is 0 Å². The normalized spacial score (nSPS) is 17.3.